The summed E-state index contributed by atoms with van der Waals surface area (Å²) in [5.41, 5.74) is 2.63. The van der Waals surface area contributed by atoms with Crippen molar-refractivity contribution in [3.8, 4) is 0 Å². The zero-order valence-corrected chi connectivity index (χ0v) is 12.8. The third-order valence-electron chi connectivity index (χ3n) is 3.08. The molecule has 0 bridgehead atoms. The SMILES string of the molecule is CC(=O)c1ccc(CC(=O)Cc2ccc(Br)cc2)cc1. The summed E-state index contributed by atoms with van der Waals surface area (Å²) in [6.07, 6.45) is 0.829. The summed E-state index contributed by atoms with van der Waals surface area (Å²) in [5.74, 6) is 0.209. The summed E-state index contributed by atoms with van der Waals surface area (Å²) in [6, 6.07) is 15.0. The molecule has 20 heavy (non-hydrogen) atoms. The van der Waals surface area contributed by atoms with Crippen molar-refractivity contribution in [2.45, 2.75) is 19.8 Å². The van der Waals surface area contributed by atoms with Gasteiger partial charge in [0.1, 0.15) is 5.78 Å². The molecule has 102 valence electrons. The Morgan fingerprint density at radius 2 is 1.30 bits per heavy atom. The molecule has 0 saturated carbocycles. The summed E-state index contributed by atoms with van der Waals surface area (Å²) >= 11 is 3.37. The second-order valence-corrected chi connectivity index (χ2v) is 5.69. The van der Waals surface area contributed by atoms with Gasteiger partial charge in [-0.3, -0.25) is 9.59 Å². The van der Waals surface area contributed by atoms with Crippen LogP contribution in [0.25, 0.3) is 0 Å². The number of hydrogen-bond acceptors (Lipinski definition) is 2. The van der Waals surface area contributed by atoms with E-state index < -0.39 is 0 Å². The second kappa shape index (κ2) is 6.62. The molecule has 0 aliphatic heterocycles. The van der Waals surface area contributed by atoms with Crippen LogP contribution in [-0.2, 0) is 17.6 Å². The van der Waals surface area contributed by atoms with Crippen molar-refractivity contribution < 1.29 is 9.59 Å². The van der Waals surface area contributed by atoms with Crippen LogP contribution in [-0.4, -0.2) is 11.6 Å². The Hall–Kier alpha value is -1.74. The quantitative estimate of drug-likeness (QED) is 0.776. The smallest absolute Gasteiger partial charge is 0.159 e. The molecule has 0 radical (unpaired) electrons. The van der Waals surface area contributed by atoms with Gasteiger partial charge in [-0.25, -0.2) is 0 Å². The van der Waals surface area contributed by atoms with Crippen molar-refractivity contribution in [1.82, 2.24) is 0 Å². The van der Waals surface area contributed by atoms with Gasteiger partial charge in [-0.1, -0.05) is 52.3 Å². The largest absolute Gasteiger partial charge is 0.299 e. The molecule has 2 rings (SSSR count). The molecule has 2 aromatic carbocycles. The number of carbonyl (C=O) groups is 2. The molecule has 2 aromatic rings. The fraction of sp³-hybridized carbons (Fsp3) is 0.176. The second-order valence-electron chi connectivity index (χ2n) is 4.77. The molecule has 0 N–H and O–H groups in total. The van der Waals surface area contributed by atoms with Crippen molar-refractivity contribution >= 4 is 27.5 Å². The van der Waals surface area contributed by atoms with Gasteiger partial charge in [0.2, 0.25) is 0 Å². The summed E-state index contributed by atoms with van der Waals surface area (Å²) in [6.45, 7) is 1.54. The van der Waals surface area contributed by atoms with E-state index >= 15 is 0 Å². The molecular formula is C17H15BrO2. The Morgan fingerprint density at radius 1 is 0.850 bits per heavy atom. The van der Waals surface area contributed by atoms with Crippen LogP contribution in [0.15, 0.2) is 53.0 Å². The van der Waals surface area contributed by atoms with Crippen molar-refractivity contribution in [3.05, 3.63) is 69.7 Å². The van der Waals surface area contributed by atoms with Gasteiger partial charge < -0.3 is 0 Å². The minimum atomic E-state index is 0.0396. The molecule has 0 spiro atoms. The molecule has 0 amide bonds. The van der Waals surface area contributed by atoms with Gasteiger partial charge >= 0.3 is 0 Å². The van der Waals surface area contributed by atoms with Gasteiger partial charge in [-0.05, 0) is 30.2 Å². The number of Topliss-reactive ketones (excluding diaryl/α,β-unsaturated/α-hetero) is 2. The van der Waals surface area contributed by atoms with Crippen molar-refractivity contribution in [3.63, 3.8) is 0 Å². The Bertz CT molecular complexity index is 612. The first-order valence-corrected chi connectivity index (χ1v) is 7.20. The minimum absolute atomic E-state index is 0.0396. The van der Waals surface area contributed by atoms with E-state index in [9.17, 15) is 9.59 Å². The van der Waals surface area contributed by atoms with Crippen LogP contribution in [0, 0.1) is 0 Å². The summed E-state index contributed by atoms with van der Waals surface area (Å²) < 4.78 is 1.01. The summed E-state index contributed by atoms with van der Waals surface area (Å²) in [7, 11) is 0. The van der Waals surface area contributed by atoms with E-state index in [1.54, 1.807) is 12.1 Å². The number of carbonyl (C=O) groups excluding carboxylic acids is 2. The highest BCUT2D eigenvalue weighted by Gasteiger charge is 2.06. The van der Waals surface area contributed by atoms with Crippen LogP contribution in [0.2, 0.25) is 0 Å². The normalized spacial score (nSPS) is 10.3. The number of halogens is 1. The van der Waals surface area contributed by atoms with E-state index in [1.807, 2.05) is 36.4 Å². The topological polar surface area (TPSA) is 34.1 Å². The molecule has 0 aromatic heterocycles. The molecule has 2 nitrogen and oxygen atoms in total. The van der Waals surface area contributed by atoms with Crippen molar-refractivity contribution in [2.75, 3.05) is 0 Å². The fourth-order valence-electron chi connectivity index (χ4n) is 1.98. The van der Waals surface area contributed by atoms with Crippen LogP contribution < -0.4 is 0 Å². The predicted octanol–water partition coefficient (Wildman–Crippen LogP) is 4.01. The standard InChI is InChI=1S/C17H15BrO2/c1-12(19)15-6-2-13(3-7-15)10-17(20)11-14-4-8-16(18)9-5-14/h2-9H,10-11H2,1H3. The Labute approximate surface area is 127 Å². The zero-order valence-electron chi connectivity index (χ0n) is 11.2. The average molecular weight is 331 g/mol. The lowest BCUT2D eigenvalue weighted by molar-refractivity contribution is -0.117. The maximum Gasteiger partial charge on any atom is 0.159 e. The first-order valence-electron chi connectivity index (χ1n) is 6.40. The van der Waals surface area contributed by atoms with E-state index in [2.05, 4.69) is 15.9 Å². The third kappa shape index (κ3) is 4.14. The number of rotatable bonds is 5. The number of benzene rings is 2. The van der Waals surface area contributed by atoms with Crippen molar-refractivity contribution in [1.29, 1.82) is 0 Å². The Kier molecular flexibility index (Phi) is 4.85. The number of hydrogen-bond donors (Lipinski definition) is 0. The van der Waals surface area contributed by atoms with Gasteiger partial charge in [0.15, 0.2) is 5.78 Å². The van der Waals surface area contributed by atoms with Crippen LogP contribution in [0.3, 0.4) is 0 Å². The van der Waals surface area contributed by atoms with Gasteiger partial charge in [0.05, 0.1) is 0 Å². The van der Waals surface area contributed by atoms with Gasteiger partial charge in [0.25, 0.3) is 0 Å². The lowest BCUT2D eigenvalue weighted by atomic mass is 10.0. The maximum absolute atomic E-state index is 12.0. The third-order valence-corrected chi connectivity index (χ3v) is 3.60. The van der Waals surface area contributed by atoms with Gasteiger partial charge in [-0.2, -0.15) is 0 Å². The van der Waals surface area contributed by atoms with Crippen LogP contribution in [0.5, 0.6) is 0 Å². The van der Waals surface area contributed by atoms with E-state index in [-0.39, 0.29) is 11.6 Å². The molecule has 0 fully saturated rings. The first kappa shape index (κ1) is 14.7. The molecule has 3 heteroatoms. The molecule has 0 saturated heterocycles. The van der Waals surface area contributed by atoms with E-state index in [4.69, 9.17) is 0 Å². The van der Waals surface area contributed by atoms with Gasteiger partial charge in [0, 0.05) is 22.9 Å². The van der Waals surface area contributed by atoms with E-state index in [0.717, 1.165) is 15.6 Å². The highest BCUT2D eigenvalue weighted by molar-refractivity contribution is 9.10. The lowest BCUT2D eigenvalue weighted by Crippen LogP contribution is -2.06. The molecule has 0 aliphatic rings. The van der Waals surface area contributed by atoms with E-state index in [0.29, 0.717) is 18.4 Å². The van der Waals surface area contributed by atoms with Gasteiger partial charge in [-0.15, -0.1) is 0 Å². The highest BCUT2D eigenvalue weighted by atomic mass is 79.9. The summed E-state index contributed by atoms with van der Waals surface area (Å²) in [5, 5.41) is 0. The summed E-state index contributed by atoms with van der Waals surface area (Å²) in [4.78, 5) is 23.2. The Balaban J connectivity index is 1.97. The van der Waals surface area contributed by atoms with Crippen molar-refractivity contribution in [2.24, 2.45) is 0 Å². The highest BCUT2D eigenvalue weighted by Crippen LogP contribution is 2.12. The van der Waals surface area contributed by atoms with Crippen LogP contribution in [0.4, 0.5) is 0 Å². The predicted molar refractivity (Wildman–Crippen MR) is 83.0 cm³/mol. The van der Waals surface area contributed by atoms with E-state index in [1.165, 1.54) is 6.92 Å². The molecule has 0 aliphatic carbocycles. The molecular weight excluding hydrogens is 316 g/mol. The monoisotopic (exact) mass is 330 g/mol. The Morgan fingerprint density at radius 3 is 1.75 bits per heavy atom. The first-order chi connectivity index (χ1) is 9.54. The molecule has 0 heterocycles. The average Bonchev–Trinajstić information content (AvgIpc) is 2.42. The fourth-order valence-corrected chi connectivity index (χ4v) is 2.24. The molecule has 0 atom stereocenters. The molecule has 0 unspecified atom stereocenters. The minimum Gasteiger partial charge on any atom is -0.299 e. The number of ketones is 2. The maximum atomic E-state index is 12.0. The van der Waals surface area contributed by atoms with Crippen LogP contribution >= 0.6 is 15.9 Å². The van der Waals surface area contributed by atoms with Crippen LogP contribution in [0.1, 0.15) is 28.4 Å². The zero-order chi connectivity index (χ0) is 14.5. The lowest BCUT2D eigenvalue weighted by Gasteiger charge is -2.03.